The zero-order chi connectivity index (χ0) is 17.6. The monoisotopic (exact) mass is 395 g/mol. The fraction of sp³-hybridized carbons (Fsp3) is 0.182. The second-order valence-electron chi connectivity index (χ2n) is 6.19. The number of nitrogens with one attached hydrogen (secondary N) is 1. The molecule has 0 radical (unpaired) electrons. The largest absolute Gasteiger partial charge is 0.489 e. The van der Waals surface area contributed by atoms with E-state index < -0.39 is 0 Å². The van der Waals surface area contributed by atoms with Crippen molar-refractivity contribution in [2.24, 2.45) is 0 Å². The standard InChI is InChI=1S/C22H22BrNO/c1-16-7-9-18(10-8-16)15-25-22-6-4-3-5-19(22)14-24-21-12-11-20(23)13-17(21)2/h3-13,24H,14-15H2,1-2H3. The summed E-state index contributed by atoms with van der Waals surface area (Å²) in [7, 11) is 0. The van der Waals surface area contributed by atoms with Crippen LogP contribution in [0.25, 0.3) is 0 Å². The third-order valence-electron chi connectivity index (χ3n) is 4.15. The Kier molecular flexibility index (Phi) is 5.77. The van der Waals surface area contributed by atoms with Crippen molar-refractivity contribution in [2.75, 3.05) is 5.32 Å². The van der Waals surface area contributed by atoms with Crippen LogP contribution in [0.5, 0.6) is 5.75 Å². The molecule has 0 fully saturated rings. The molecule has 0 saturated carbocycles. The second kappa shape index (κ2) is 8.21. The van der Waals surface area contributed by atoms with Crippen LogP contribution in [-0.4, -0.2) is 0 Å². The van der Waals surface area contributed by atoms with Crippen LogP contribution in [0.2, 0.25) is 0 Å². The van der Waals surface area contributed by atoms with E-state index in [2.05, 4.69) is 83.6 Å². The first kappa shape index (κ1) is 17.6. The lowest BCUT2D eigenvalue weighted by Gasteiger charge is -2.14. The van der Waals surface area contributed by atoms with Gasteiger partial charge in [-0.3, -0.25) is 0 Å². The van der Waals surface area contributed by atoms with Gasteiger partial charge in [0.15, 0.2) is 0 Å². The number of hydrogen-bond acceptors (Lipinski definition) is 2. The highest BCUT2D eigenvalue weighted by molar-refractivity contribution is 9.10. The molecule has 128 valence electrons. The van der Waals surface area contributed by atoms with Gasteiger partial charge in [-0.05, 0) is 49.2 Å². The number of benzene rings is 3. The number of anilines is 1. The maximum Gasteiger partial charge on any atom is 0.124 e. The lowest BCUT2D eigenvalue weighted by molar-refractivity contribution is 0.303. The summed E-state index contributed by atoms with van der Waals surface area (Å²) in [5.74, 6) is 0.922. The smallest absolute Gasteiger partial charge is 0.124 e. The van der Waals surface area contributed by atoms with Gasteiger partial charge in [-0.25, -0.2) is 0 Å². The van der Waals surface area contributed by atoms with Crippen molar-refractivity contribution in [2.45, 2.75) is 27.0 Å². The second-order valence-corrected chi connectivity index (χ2v) is 7.11. The molecule has 0 bridgehead atoms. The molecule has 2 nitrogen and oxygen atoms in total. The Labute approximate surface area is 158 Å². The number of hydrogen-bond donors (Lipinski definition) is 1. The Morgan fingerprint density at radius 2 is 1.68 bits per heavy atom. The average molecular weight is 396 g/mol. The van der Waals surface area contributed by atoms with Gasteiger partial charge in [0.25, 0.3) is 0 Å². The van der Waals surface area contributed by atoms with Crippen molar-refractivity contribution in [3.05, 3.63) is 93.5 Å². The van der Waals surface area contributed by atoms with Gasteiger partial charge in [0.2, 0.25) is 0 Å². The molecule has 0 saturated heterocycles. The quantitative estimate of drug-likeness (QED) is 0.531. The van der Waals surface area contributed by atoms with Crippen LogP contribution < -0.4 is 10.1 Å². The molecule has 0 aromatic heterocycles. The number of ether oxygens (including phenoxy) is 1. The Morgan fingerprint density at radius 3 is 2.44 bits per heavy atom. The van der Waals surface area contributed by atoms with Gasteiger partial charge >= 0.3 is 0 Å². The van der Waals surface area contributed by atoms with Gasteiger partial charge in [-0.2, -0.15) is 0 Å². The van der Waals surface area contributed by atoms with Crippen LogP contribution in [0.4, 0.5) is 5.69 Å². The van der Waals surface area contributed by atoms with Crippen molar-refractivity contribution in [3.63, 3.8) is 0 Å². The van der Waals surface area contributed by atoms with Crippen LogP contribution in [0.15, 0.2) is 71.2 Å². The van der Waals surface area contributed by atoms with E-state index in [1.165, 1.54) is 16.7 Å². The predicted molar refractivity (Wildman–Crippen MR) is 108 cm³/mol. The number of halogens is 1. The molecule has 3 aromatic rings. The Morgan fingerprint density at radius 1 is 0.920 bits per heavy atom. The summed E-state index contributed by atoms with van der Waals surface area (Å²) in [6.07, 6.45) is 0. The molecule has 3 heteroatoms. The Balaban J connectivity index is 1.67. The van der Waals surface area contributed by atoms with E-state index in [0.717, 1.165) is 28.0 Å². The van der Waals surface area contributed by atoms with Crippen molar-refractivity contribution >= 4 is 21.6 Å². The highest BCUT2D eigenvalue weighted by Gasteiger charge is 2.05. The van der Waals surface area contributed by atoms with Crippen LogP contribution in [0.3, 0.4) is 0 Å². The predicted octanol–water partition coefficient (Wildman–Crippen LogP) is 6.26. The van der Waals surface area contributed by atoms with Crippen molar-refractivity contribution in [3.8, 4) is 5.75 Å². The molecular weight excluding hydrogens is 374 g/mol. The first-order valence-corrected chi connectivity index (χ1v) is 9.17. The zero-order valence-electron chi connectivity index (χ0n) is 14.6. The fourth-order valence-corrected chi connectivity index (χ4v) is 3.13. The molecule has 0 unspecified atom stereocenters. The summed E-state index contributed by atoms with van der Waals surface area (Å²) in [6, 6.07) is 22.9. The Bertz CT molecular complexity index is 843. The van der Waals surface area contributed by atoms with Gasteiger partial charge in [0.05, 0.1) is 0 Å². The van der Waals surface area contributed by atoms with Gasteiger partial charge in [0, 0.05) is 22.3 Å². The molecule has 0 aliphatic rings. The summed E-state index contributed by atoms with van der Waals surface area (Å²) in [5, 5.41) is 3.50. The maximum absolute atomic E-state index is 6.05. The van der Waals surface area contributed by atoms with E-state index in [-0.39, 0.29) is 0 Å². The van der Waals surface area contributed by atoms with E-state index in [9.17, 15) is 0 Å². The normalized spacial score (nSPS) is 10.5. The average Bonchev–Trinajstić information content (AvgIpc) is 2.61. The summed E-state index contributed by atoms with van der Waals surface area (Å²) < 4.78 is 7.15. The fourth-order valence-electron chi connectivity index (χ4n) is 2.65. The lowest BCUT2D eigenvalue weighted by Crippen LogP contribution is -2.04. The maximum atomic E-state index is 6.05. The molecule has 0 spiro atoms. The summed E-state index contributed by atoms with van der Waals surface area (Å²) in [6.45, 7) is 5.50. The van der Waals surface area contributed by atoms with Crippen LogP contribution in [-0.2, 0) is 13.2 Å². The number of para-hydroxylation sites is 1. The lowest BCUT2D eigenvalue weighted by atomic mass is 10.1. The highest BCUT2D eigenvalue weighted by atomic mass is 79.9. The van der Waals surface area contributed by atoms with Gasteiger partial charge < -0.3 is 10.1 Å². The van der Waals surface area contributed by atoms with E-state index in [4.69, 9.17) is 4.74 Å². The van der Waals surface area contributed by atoms with Crippen LogP contribution >= 0.6 is 15.9 Å². The van der Waals surface area contributed by atoms with Crippen molar-refractivity contribution < 1.29 is 4.74 Å². The molecule has 0 amide bonds. The minimum atomic E-state index is 0.578. The van der Waals surface area contributed by atoms with E-state index >= 15 is 0 Å². The highest BCUT2D eigenvalue weighted by Crippen LogP contribution is 2.24. The molecule has 0 heterocycles. The molecule has 0 aliphatic heterocycles. The zero-order valence-corrected chi connectivity index (χ0v) is 16.1. The first-order valence-electron chi connectivity index (χ1n) is 8.38. The van der Waals surface area contributed by atoms with E-state index in [0.29, 0.717) is 6.61 Å². The molecule has 3 aromatic carbocycles. The molecule has 1 N–H and O–H groups in total. The van der Waals surface area contributed by atoms with Crippen LogP contribution in [0, 0.1) is 13.8 Å². The Hall–Kier alpha value is -2.26. The van der Waals surface area contributed by atoms with Crippen molar-refractivity contribution in [1.82, 2.24) is 0 Å². The SMILES string of the molecule is Cc1ccc(COc2ccccc2CNc2ccc(Br)cc2C)cc1. The third kappa shape index (κ3) is 4.86. The summed E-state index contributed by atoms with van der Waals surface area (Å²) in [4.78, 5) is 0. The third-order valence-corrected chi connectivity index (χ3v) is 4.64. The van der Waals surface area contributed by atoms with E-state index in [1.807, 2.05) is 18.2 Å². The van der Waals surface area contributed by atoms with Crippen molar-refractivity contribution in [1.29, 1.82) is 0 Å². The number of aryl methyl sites for hydroxylation is 2. The molecular formula is C22H22BrNO. The summed E-state index contributed by atoms with van der Waals surface area (Å²) in [5.41, 5.74) is 5.94. The summed E-state index contributed by atoms with van der Waals surface area (Å²) >= 11 is 3.50. The van der Waals surface area contributed by atoms with Gasteiger partial charge in [-0.1, -0.05) is 64.0 Å². The first-order chi connectivity index (χ1) is 12.1. The number of rotatable bonds is 6. The minimum Gasteiger partial charge on any atom is -0.489 e. The molecule has 3 rings (SSSR count). The van der Waals surface area contributed by atoms with Gasteiger partial charge in [0.1, 0.15) is 12.4 Å². The molecule has 0 atom stereocenters. The minimum absolute atomic E-state index is 0.578. The van der Waals surface area contributed by atoms with Gasteiger partial charge in [-0.15, -0.1) is 0 Å². The molecule has 25 heavy (non-hydrogen) atoms. The molecule has 0 aliphatic carbocycles. The van der Waals surface area contributed by atoms with E-state index in [1.54, 1.807) is 0 Å². The topological polar surface area (TPSA) is 21.3 Å². The van der Waals surface area contributed by atoms with Crippen LogP contribution in [0.1, 0.15) is 22.3 Å².